The van der Waals surface area contributed by atoms with Gasteiger partial charge in [-0.1, -0.05) is 0 Å². The zero-order valence-electron chi connectivity index (χ0n) is 9.08. The van der Waals surface area contributed by atoms with E-state index in [9.17, 15) is 14.7 Å². The molecule has 0 bridgehead atoms. The number of hydrogen-bond acceptors (Lipinski definition) is 3. The fourth-order valence-corrected chi connectivity index (χ4v) is 1.43. The van der Waals surface area contributed by atoms with Crippen molar-refractivity contribution in [3.8, 4) is 0 Å². The van der Waals surface area contributed by atoms with Crippen molar-refractivity contribution in [3.05, 3.63) is 23.5 Å². The summed E-state index contributed by atoms with van der Waals surface area (Å²) in [7, 11) is 0. The summed E-state index contributed by atoms with van der Waals surface area (Å²) in [5.74, 6) is -1.93. The molecule has 0 atom stereocenters. The third-order valence-electron chi connectivity index (χ3n) is 2.38. The molecule has 1 aliphatic carbocycles. The van der Waals surface area contributed by atoms with Crippen LogP contribution in [-0.2, 0) is 11.2 Å². The number of aromatic amines is 1. The maximum absolute atomic E-state index is 11.0. The molecule has 1 aromatic heterocycles. The number of aromatic nitrogens is 1. The molecule has 0 spiro atoms. The Kier molecular flexibility index (Phi) is 5.96. The Morgan fingerprint density at radius 3 is 2.50 bits per heavy atom. The van der Waals surface area contributed by atoms with Crippen LogP contribution >= 0.6 is 0 Å². The molecule has 0 amide bonds. The van der Waals surface area contributed by atoms with Crippen molar-refractivity contribution in [3.63, 3.8) is 0 Å². The van der Waals surface area contributed by atoms with E-state index in [1.54, 1.807) is 6.07 Å². The van der Waals surface area contributed by atoms with Crippen molar-refractivity contribution < 1.29 is 49.7 Å². The fraction of sp³-hybridized carbons (Fsp3) is 0.400. The van der Waals surface area contributed by atoms with E-state index in [2.05, 4.69) is 4.98 Å². The molecule has 1 aliphatic rings. The molecular weight excluding hydrogens is 221 g/mol. The smallest absolute Gasteiger partial charge is 0.541 e. The van der Waals surface area contributed by atoms with Crippen molar-refractivity contribution in [1.29, 1.82) is 0 Å². The van der Waals surface area contributed by atoms with Gasteiger partial charge in [-0.2, -0.15) is 0 Å². The molecule has 2 rings (SSSR count). The Hall–Kier alpha value is -0.620. The molecule has 6 heteroatoms. The maximum Gasteiger partial charge on any atom is 1.00 e. The first-order valence-electron chi connectivity index (χ1n) is 4.60. The number of carbonyl (C=O) groups excluding carboxylic acids is 2. The number of carboxylic acids is 1. The van der Waals surface area contributed by atoms with Gasteiger partial charge in [0.25, 0.3) is 0 Å². The summed E-state index contributed by atoms with van der Waals surface area (Å²) in [4.78, 5) is 24.0. The van der Waals surface area contributed by atoms with E-state index in [1.807, 2.05) is 0 Å². The van der Waals surface area contributed by atoms with Gasteiger partial charge < -0.3 is 20.4 Å². The Morgan fingerprint density at radius 2 is 2.00 bits per heavy atom. The van der Waals surface area contributed by atoms with Gasteiger partial charge in [0.15, 0.2) is 0 Å². The molecule has 1 heterocycles. The molecule has 3 N–H and O–H groups in total. The predicted molar refractivity (Wildman–Crippen MR) is 50.2 cm³/mol. The van der Waals surface area contributed by atoms with Crippen molar-refractivity contribution in [2.75, 3.05) is 0 Å². The standard InChI is InChI=1S/C10H11NO3.Na.H2O/c12-9(10(13)14)8-4-3-7(11-8)5-6-1-2-6;;/h3-4,6,11H,1-2,5H2,(H,13,14);;1H2/q;+1;/p-1. The Labute approximate surface area is 115 Å². The Bertz CT molecular complexity index is 384. The van der Waals surface area contributed by atoms with Crippen LogP contribution in [0.15, 0.2) is 12.1 Å². The van der Waals surface area contributed by atoms with Crippen molar-refractivity contribution in [1.82, 2.24) is 4.98 Å². The van der Waals surface area contributed by atoms with Crippen LogP contribution in [0.2, 0.25) is 0 Å². The van der Waals surface area contributed by atoms with Gasteiger partial charge in [0.05, 0.1) is 5.69 Å². The number of aliphatic carboxylic acids is 1. The van der Waals surface area contributed by atoms with E-state index in [1.165, 1.54) is 18.9 Å². The second kappa shape index (κ2) is 6.20. The number of carbonyl (C=O) groups is 2. The molecule has 0 aliphatic heterocycles. The van der Waals surface area contributed by atoms with Gasteiger partial charge in [-0.3, -0.25) is 4.79 Å². The normalized spacial score (nSPS) is 13.5. The quantitative estimate of drug-likeness (QED) is 0.326. The molecular formula is C10H12NNaO4. The summed E-state index contributed by atoms with van der Waals surface area (Å²) in [5.41, 5.74) is 1.04. The van der Waals surface area contributed by atoms with Crippen LogP contribution in [-0.4, -0.2) is 22.2 Å². The van der Waals surface area contributed by atoms with Crippen LogP contribution in [0.25, 0.3) is 0 Å². The summed E-state index contributed by atoms with van der Waals surface area (Å²) < 4.78 is 0. The maximum atomic E-state index is 11.0. The average Bonchev–Trinajstić information content (AvgIpc) is 2.81. The number of carboxylic acid groups (broad SMARTS) is 1. The second-order valence-electron chi connectivity index (χ2n) is 3.66. The molecule has 0 saturated heterocycles. The van der Waals surface area contributed by atoms with Crippen molar-refractivity contribution >= 4 is 11.8 Å². The van der Waals surface area contributed by atoms with Crippen molar-refractivity contribution in [2.24, 2.45) is 5.92 Å². The number of nitrogens with one attached hydrogen (secondary N) is 1. The van der Waals surface area contributed by atoms with Gasteiger partial charge >= 0.3 is 29.6 Å². The van der Waals surface area contributed by atoms with Gasteiger partial charge in [-0.05, 0) is 37.3 Å². The van der Waals surface area contributed by atoms with Gasteiger partial charge in [0.2, 0.25) is 5.78 Å². The fourth-order valence-electron chi connectivity index (χ4n) is 1.43. The Balaban J connectivity index is 0.00000112. The van der Waals surface area contributed by atoms with Crippen LogP contribution in [0.5, 0.6) is 0 Å². The summed E-state index contributed by atoms with van der Waals surface area (Å²) >= 11 is 0. The van der Waals surface area contributed by atoms with Gasteiger partial charge in [-0.25, -0.2) is 0 Å². The molecule has 0 radical (unpaired) electrons. The monoisotopic (exact) mass is 233 g/mol. The molecule has 82 valence electrons. The minimum absolute atomic E-state index is 0. The third kappa shape index (κ3) is 3.75. The van der Waals surface area contributed by atoms with Crippen LogP contribution in [0.4, 0.5) is 0 Å². The summed E-state index contributed by atoms with van der Waals surface area (Å²) in [6.45, 7) is 0. The van der Waals surface area contributed by atoms with E-state index in [0.29, 0.717) is 5.92 Å². The summed E-state index contributed by atoms with van der Waals surface area (Å²) in [6.07, 6.45) is 3.35. The molecule has 5 nitrogen and oxygen atoms in total. The van der Waals surface area contributed by atoms with Crippen LogP contribution in [0.3, 0.4) is 0 Å². The number of H-pyrrole nitrogens is 1. The van der Waals surface area contributed by atoms with Gasteiger partial charge in [-0.15, -0.1) is 0 Å². The number of rotatable bonds is 4. The first kappa shape index (κ1) is 15.4. The van der Waals surface area contributed by atoms with E-state index in [-0.39, 0.29) is 40.7 Å². The van der Waals surface area contributed by atoms with E-state index in [0.717, 1.165) is 12.1 Å². The summed E-state index contributed by atoms with van der Waals surface area (Å²) in [6, 6.07) is 3.25. The minimum Gasteiger partial charge on any atom is -0.541 e. The third-order valence-corrected chi connectivity index (χ3v) is 2.38. The van der Waals surface area contributed by atoms with Gasteiger partial charge in [0, 0.05) is 5.69 Å². The zero-order chi connectivity index (χ0) is 10.1. The topological polar surface area (TPSA) is 104 Å². The summed E-state index contributed by atoms with van der Waals surface area (Å²) in [5, 5.41) is 10.3. The molecule has 1 saturated carbocycles. The Morgan fingerprint density at radius 1 is 1.38 bits per heavy atom. The van der Waals surface area contributed by atoms with E-state index in [4.69, 9.17) is 0 Å². The first-order chi connectivity index (χ1) is 6.66. The molecule has 1 fully saturated rings. The first-order valence-corrected chi connectivity index (χ1v) is 4.60. The second-order valence-corrected chi connectivity index (χ2v) is 3.66. The molecule has 1 aromatic rings. The number of Topliss-reactive ketones (excluding diaryl/α,β-unsaturated/α-hetero) is 1. The molecule has 0 unspecified atom stereocenters. The molecule has 0 aromatic carbocycles. The predicted octanol–water partition coefficient (Wildman–Crippen LogP) is -3.92. The zero-order valence-corrected chi connectivity index (χ0v) is 11.1. The van der Waals surface area contributed by atoms with Crippen LogP contribution in [0, 0.1) is 5.92 Å². The van der Waals surface area contributed by atoms with E-state index < -0.39 is 11.8 Å². The minimum atomic E-state index is -1.66. The average molecular weight is 233 g/mol. The van der Waals surface area contributed by atoms with Gasteiger partial charge in [0.1, 0.15) is 5.97 Å². The SMILES string of the molecule is O.O=C([O-])C(=O)c1ccc(CC2CC2)[nH]1.[Na+]. The number of hydrogen-bond donors (Lipinski definition) is 1. The van der Waals surface area contributed by atoms with Crippen LogP contribution in [0.1, 0.15) is 29.0 Å². The molecule has 16 heavy (non-hydrogen) atoms. The van der Waals surface area contributed by atoms with E-state index >= 15 is 0 Å². The van der Waals surface area contributed by atoms with Crippen LogP contribution < -0.4 is 34.7 Å². The van der Waals surface area contributed by atoms with Crippen molar-refractivity contribution in [2.45, 2.75) is 19.3 Å². The largest absolute Gasteiger partial charge is 1.00 e. The number of ketones is 1.